The number of aryl methyl sites for hydroxylation is 2. The first-order valence-corrected chi connectivity index (χ1v) is 11.0. The lowest BCUT2D eigenvalue weighted by Crippen LogP contribution is -2.31. The van der Waals surface area contributed by atoms with Crippen molar-refractivity contribution in [3.8, 4) is 34.3 Å². The first-order chi connectivity index (χ1) is 16.4. The third kappa shape index (κ3) is 3.71. The molecule has 0 saturated carbocycles. The van der Waals surface area contributed by atoms with Crippen molar-refractivity contribution in [2.24, 2.45) is 0 Å². The second-order valence-electron chi connectivity index (χ2n) is 8.28. The van der Waals surface area contributed by atoms with Gasteiger partial charge in [0.05, 0.1) is 27.4 Å². The lowest BCUT2D eigenvalue weighted by Gasteiger charge is -2.27. The average Bonchev–Trinajstić information content (AvgIpc) is 3.37. The number of rotatable bonds is 8. The second kappa shape index (κ2) is 9.26. The number of carbonyl (C=O) groups is 1. The van der Waals surface area contributed by atoms with E-state index < -0.39 is 6.04 Å². The van der Waals surface area contributed by atoms with Crippen molar-refractivity contribution in [3.05, 3.63) is 52.2 Å². The maximum atomic E-state index is 13.4. The van der Waals surface area contributed by atoms with Gasteiger partial charge >= 0.3 is 0 Å². The summed E-state index contributed by atoms with van der Waals surface area (Å²) in [6.45, 7) is 4.05. The van der Waals surface area contributed by atoms with Crippen molar-refractivity contribution >= 4 is 5.91 Å². The van der Waals surface area contributed by atoms with Crippen LogP contribution >= 0.6 is 0 Å². The number of nitrogens with one attached hydrogen (secondary N) is 1. The monoisotopic (exact) mass is 467 g/mol. The number of amides is 1. The van der Waals surface area contributed by atoms with E-state index in [2.05, 4.69) is 10.2 Å². The van der Waals surface area contributed by atoms with Crippen molar-refractivity contribution in [1.82, 2.24) is 15.1 Å². The first-order valence-electron chi connectivity index (χ1n) is 11.0. The summed E-state index contributed by atoms with van der Waals surface area (Å²) in [4.78, 5) is 15.1. The Kier molecular flexibility index (Phi) is 6.39. The molecule has 0 spiro atoms. The number of aromatic nitrogens is 2. The predicted octanol–water partition coefficient (Wildman–Crippen LogP) is 3.35. The molecule has 1 aliphatic heterocycles. The number of carbonyl (C=O) groups excluding carboxylic acids is 1. The number of hydrogen-bond donors (Lipinski definition) is 3. The minimum Gasteiger partial charge on any atom is -0.507 e. The van der Waals surface area contributed by atoms with Crippen LogP contribution in [0.15, 0.2) is 24.3 Å². The maximum Gasteiger partial charge on any atom is 0.273 e. The lowest BCUT2D eigenvalue weighted by atomic mass is 9.93. The van der Waals surface area contributed by atoms with Gasteiger partial charge < -0.3 is 29.3 Å². The van der Waals surface area contributed by atoms with Crippen LogP contribution in [0.2, 0.25) is 0 Å². The zero-order chi connectivity index (χ0) is 24.6. The van der Waals surface area contributed by atoms with Gasteiger partial charge in [0.15, 0.2) is 11.5 Å². The number of fused-ring (bicyclic) bond motifs is 1. The zero-order valence-corrected chi connectivity index (χ0v) is 19.9. The number of ether oxygens (including phenoxy) is 3. The molecule has 3 aromatic rings. The van der Waals surface area contributed by atoms with E-state index >= 15 is 0 Å². The average molecular weight is 468 g/mol. The highest BCUT2D eigenvalue weighted by Gasteiger charge is 2.43. The molecule has 1 aromatic heterocycles. The molecule has 0 bridgehead atoms. The van der Waals surface area contributed by atoms with Crippen LogP contribution in [-0.4, -0.2) is 65.7 Å². The van der Waals surface area contributed by atoms with Crippen LogP contribution < -0.4 is 14.2 Å². The lowest BCUT2D eigenvalue weighted by molar-refractivity contribution is 0.0731. The van der Waals surface area contributed by atoms with Gasteiger partial charge in [-0.25, -0.2) is 0 Å². The van der Waals surface area contributed by atoms with E-state index in [0.29, 0.717) is 52.7 Å². The normalized spacial score (nSPS) is 14.9. The number of nitrogens with zero attached hydrogens (tertiary/aromatic N) is 2. The smallest absolute Gasteiger partial charge is 0.273 e. The van der Waals surface area contributed by atoms with Crippen molar-refractivity contribution in [3.63, 3.8) is 0 Å². The van der Waals surface area contributed by atoms with Crippen LogP contribution in [0, 0.1) is 13.8 Å². The van der Waals surface area contributed by atoms with E-state index in [1.807, 2.05) is 26.0 Å². The Labute approximate surface area is 197 Å². The number of hydrogen-bond acceptors (Lipinski definition) is 7. The molecule has 0 fully saturated rings. The molecule has 0 unspecified atom stereocenters. The topological polar surface area (TPSA) is 117 Å². The Bertz CT molecular complexity index is 1210. The summed E-state index contributed by atoms with van der Waals surface area (Å²) in [5.74, 6) is 1.24. The summed E-state index contributed by atoms with van der Waals surface area (Å²) in [5, 5.41) is 27.6. The predicted molar refractivity (Wildman–Crippen MR) is 126 cm³/mol. The van der Waals surface area contributed by atoms with Gasteiger partial charge in [0, 0.05) is 24.3 Å². The zero-order valence-electron chi connectivity index (χ0n) is 19.9. The molecule has 9 nitrogen and oxygen atoms in total. The fourth-order valence-corrected chi connectivity index (χ4v) is 4.62. The number of benzene rings is 2. The molecule has 0 radical (unpaired) electrons. The van der Waals surface area contributed by atoms with Gasteiger partial charge in [-0.15, -0.1) is 0 Å². The highest BCUT2D eigenvalue weighted by atomic mass is 16.5. The second-order valence-corrected chi connectivity index (χ2v) is 8.28. The third-order valence-corrected chi connectivity index (χ3v) is 6.12. The summed E-state index contributed by atoms with van der Waals surface area (Å²) in [6.07, 6.45) is 0.411. The fourth-order valence-electron chi connectivity index (χ4n) is 4.62. The van der Waals surface area contributed by atoms with Gasteiger partial charge in [-0.05, 0) is 55.2 Å². The number of H-pyrrole nitrogens is 1. The number of methoxy groups -OCH3 is 3. The molecule has 1 amide bonds. The van der Waals surface area contributed by atoms with Crippen molar-refractivity contribution in [2.45, 2.75) is 26.3 Å². The van der Waals surface area contributed by atoms with Gasteiger partial charge in [0.2, 0.25) is 5.75 Å². The highest BCUT2D eigenvalue weighted by Crippen LogP contribution is 2.48. The molecule has 0 saturated heterocycles. The number of aliphatic hydroxyl groups is 1. The Morgan fingerprint density at radius 1 is 1.06 bits per heavy atom. The summed E-state index contributed by atoms with van der Waals surface area (Å²) < 4.78 is 16.6. The van der Waals surface area contributed by atoms with Crippen molar-refractivity contribution < 1.29 is 29.2 Å². The number of phenols is 1. The molecule has 34 heavy (non-hydrogen) atoms. The standard InChI is InChI=1S/C25H29N3O6/c1-13-9-14(2)23(30)16(10-13)20-19-21(27-26-20)25(31)28(7-6-8-29)22(19)15-11-17(32-3)24(34-5)18(12-15)33-4/h9-12,22,29-30H,6-8H2,1-5H3,(H,26,27)/t22-/m0/s1. The molecule has 1 aliphatic rings. The number of aliphatic hydroxyl groups excluding tert-OH is 1. The quantitative estimate of drug-likeness (QED) is 0.465. The first kappa shape index (κ1) is 23.4. The minimum atomic E-state index is -0.545. The SMILES string of the molecule is COc1cc([C@H]2c3c(-c4cc(C)cc(C)c4O)n[nH]c3C(=O)N2CCCO)cc(OC)c1OC. The largest absolute Gasteiger partial charge is 0.507 e. The molecule has 180 valence electrons. The van der Waals surface area contributed by atoms with Gasteiger partial charge in [-0.1, -0.05) is 6.07 Å². The van der Waals surface area contributed by atoms with Crippen molar-refractivity contribution in [2.75, 3.05) is 34.5 Å². The minimum absolute atomic E-state index is 0.0529. The molecule has 2 aromatic carbocycles. The van der Waals surface area contributed by atoms with E-state index in [-0.39, 0.29) is 18.3 Å². The molecule has 4 rings (SSSR count). The summed E-state index contributed by atoms with van der Waals surface area (Å²) in [5.41, 5.74) is 4.46. The summed E-state index contributed by atoms with van der Waals surface area (Å²) >= 11 is 0. The summed E-state index contributed by atoms with van der Waals surface area (Å²) in [6, 6.07) is 6.81. The van der Waals surface area contributed by atoms with Crippen molar-refractivity contribution in [1.29, 1.82) is 0 Å². The molecule has 1 atom stereocenters. The molecule has 3 N–H and O–H groups in total. The Hall–Kier alpha value is -3.72. The van der Waals surface area contributed by atoms with E-state index in [9.17, 15) is 15.0 Å². The summed E-state index contributed by atoms with van der Waals surface area (Å²) in [7, 11) is 4.60. The highest BCUT2D eigenvalue weighted by molar-refractivity contribution is 6.00. The number of phenolic OH excluding ortho intramolecular Hbond substituents is 1. The molecular formula is C25H29N3O6. The molecule has 9 heteroatoms. The van der Waals surface area contributed by atoms with Crippen LogP contribution in [0.4, 0.5) is 0 Å². The third-order valence-electron chi connectivity index (χ3n) is 6.12. The van der Waals surface area contributed by atoms with Crippen LogP contribution in [0.25, 0.3) is 11.3 Å². The van der Waals surface area contributed by atoms with Crippen LogP contribution in [0.1, 0.15) is 45.2 Å². The van der Waals surface area contributed by atoms with E-state index in [1.165, 1.54) is 21.3 Å². The van der Waals surface area contributed by atoms with Gasteiger partial charge in [0.25, 0.3) is 5.91 Å². The fraction of sp³-hybridized carbons (Fsp3) is 0.360. The Morgan fingerprint density at radius 3 is 2.32 bits per heavy atom. The molecular weight excluding hydrogens is 438 g/mol. The van der Waals surface area contributed by atoms with E-state index in [0.717, 1.165) is 16.7 Å². The Balaban J connectivity index is 1.97. The van der Waals surface area contributed by atoms with Gasteiger partial charge in [0.1, 0.15) is 17.1 Å². The van der Waals surface area contributed by atoms with E-state index in [4.69, 9.17) is 14.2 Å². The van der Waals surface area contributed by atoms with E-state index in [1.54, 1.807) is 17.0 Å². The van der Waals surface area contributed by atoms with Gasteiger partial charge in [-0.3, -0.25) is 9.89 Å². The van der Waals surface area contributed by atoms with Crippen LogP contribution in [0.5, 0.6) is 23.0 Å². The number of aromatic amines is 1. The Morgan fingerprint density at radius 2 is 1.74 bits per heavy atom. The molecule has 0 aliphatic carbocycles. The molecule has 2 heterocycles. The van der Waals surface area contributed by atoms with Crippen LogP contribution in [-0.2, 0) is 0 Å². The maximum absolute atomic E-state index is 13.4. The number of aromatic hydroxyl groups is 1. The van der Waals surface area contributed by atoms with Gasteiger partial charge in [-0.2, -0.15) is 5.10 Å². The van der Waals surface area contributed by atoms with Crippen LogP contribution in [0.3, 0.4) is 0 Å².